The third-order valence-electron chi connectivity index (χ3n) is 5.19. The van der Waals surface area contributed by atoms with Crippen LogP contribution in [0, 0.1) is 0 Å². The molecule has 0 aliphatic carbocycles. The van der Waals surface area contributed by atoms with E-state index in [-0.39, 0.29) is 6.61 Å². The minimum Gasteiger partial charge on any atom is -0.392 e. The second-order valence-electron chi connectivity index (χ2n) is 6.81. The smallest absolute Gasteiger partial charge is 0.225 e. The molecular weight excluding hydrogens is 330 g/mol. The Hall–Kier alpha value is -2.38. The second-order valence-corrected chi connectivity index (χ2v) is 6.81. The normalized spacial score (nSPS) is 18.2. The minimum absolute atomic E-state index is 0.0830. The lowest BCUT2D eigenvalue weighted by atomic mass is 10.1. The number of rotatable bonds is 5. The van der Waals surface area contributed by atoms with Crippen molar-refractivity contribution in [2.45, 2.75) is 12.7 Å². The van der Waals surface area contributed by atoms with Crippen molar-refractivity contribution in [2.75, 3.05) is 61.1 Å². The fourth-order valence-corrected chi connectivity index (χ4v) is 3.47. The molecule has 7 nitrogen and oxygen atoms in total. The Kier molecular flexibility index (Phi) is 4.90. The summed E-state index contributed by atoms with van der Waals surface area (Å²) in [6, 6.07) is 8.12. The molecule has 26 heavy (non-hydrogen) atoms. The number of piperazine rings is 1. The quantitative estimate of drug-likeness (QED) is 0.862. The Balaban J connectivity index is 1.34. The molecule has 138 valence electrons. The van der Waals surface area contributed by atoms with Gasteiger partial charge in [-0.1, -0.05) is 12.1 Å². The van der Waals surface area contributed by atoms with Gasteiger partial charge in [0.1, 0.15) is 0 Å². The van der Waals surface area contributed by atoms with E-state index in [1.807, 2.05) is 24.5 Å². The van der Waals surface area contributed by atoms with Gasteiger partial charge in [-0.15, -0.1) is 0 Å². The standard InChI is InChI=1S/C19H25N5O2/c1-26-18-12-24(13-18)19-20-10-17(11-21-19)23-7-5-22(6-8-23)16-4-2-3-15(9-16)14-25/h2-4,9-11,18,25H,5-8,12-14H2,1H3. The summed E-state index contributed by atoms with van der Waals surface area (Å²) in [5, 5.41) is 9.31. The monoisotopic (exact) mass is 355 g/mol. The zero-order chi connectivity index (χ0) is 17.9. The highest BCUT2D eigenvalue weighted by Gasteiger charge is 2.28. The summed E-state index contributed by atoms with van der Waals surface area (Å²) in [7, 11) is 1.74. The Bertz CT molecular complexity index is 725. The van der Waals surface area contributed by atoms with Gasteiger partial charge in [0.2, 0.25) is 5.95 Å². The van der Waals surface area contributed by atoms with Gasteiger partial charge in [0.05, 0.1) is 30.8 Å². The van der Waals surface area contributed by atoms with Gasteiger partial charge in [0, 0.05) is 52.1 Å². The third kappa shape index (κ3) is 3.45. The Morgan fingerprint density at radius 1 is 1.00 bits per heavy atom. The van der Waals surface area contributed by atoms with E-state index < -0.39 is 0 Å². The zero-order valence-corrected chi connectivity index (χ0v) is 15.1. The van der Waals surface area contributed by atoms with Gasteiger partial charge in [-0.05, 0) is 17.7 Å². The van der Waals surface area contributed by atoms with Crippen LogP contribution in [0.2, 0.25) is 0 Å². The average molecular weight is 355 g/mol. The highest BCUT2D eigenvalue weighted by atomic mass is 16.5. The second kappa shape index (κ2) is 7.47. The van der Waals surface area contributed by atoms with Crippen molar-refractivity contribution in [1.29, 1.82) is 0 Å². The number of nitrogens with zero attached hydrogens (tertiary/aromatic N) is 5. The van der Waals surface area contributed by atoms with Crippen LogP contribution in [0.4, 0.5) is 17.3 Å². The molecule has 0 spiro atoms. The molecule has 0 atom stereocenters. The largest absolute Gasteiger partial charge is 0.392 e. The molecule has 0 unspecified atom stereocenters. The van der Waals surface area contributed by atoms with E-state index in [0.29, 0.717) is 6.10 Å². The predicted molar refractivity (Wildman–Crippen MR) is 102 cm³/mol. The van der Waals surface area contributed by atoms with Crippen molar-refractivity contribution >= 4 is 17.3 Å². The predicted octanol–water partition coefficient (Wildman–Crippen LogP) is 1.13. The van der Waals surface area contributed by atoms with E-state index in [4.69, 9.17) is 4.74 Å². The zero-order valence-electron chi connectivity index (χ0n) is 15.1. The van der Waals surface area contributed by atoms with Crippen molar-refractivity contribution in [3.63, 3.8) is 0 Å². The van der Waals surface area contributed by atoms with Crippen LogP contribution in [0.3, 0.4) is 0 Å². The van der Waals surface area contributed by atoms with Crippen LogP contribution in [0.25, 0.3) is 0 Å². The first-order chi connectivity index (χ1) is 12.8. The molecule has 7 heteroatoms. The van der Waals surface area contributed by atoms with Gasteiger partial charge in [-0.2, -0.15) is 0 Å². The number of hydrogen-bond donors (Lipinski definition) is 1. The minimum atomic E-state index is 0.0830. The molecule has 2 aromatic rings. The maximum atomic E-state index is 9.31. The molecule has 2 aliphatic heterocycles. The molecule has 2 saturated heterocycles. The van der Waals surface area contributed by atoms with Crippen LogP contribution in [-0.2, 0) is 11.3 Å². The molecule has 0 bridgehead atoms. The Morgan fingerprint density at radius 3 is 2.27 bits per heavy atom. The highest BCUT2D eigenvalue weighted by molar-refractivity contribution is 5.52. The van der Waals surface area contributed by atoms with Crippen molar-refractivity contribution in [3.05, 3.63) is 42.2 Å². The van der Waals surface area contributed by atoms with Crippen LogP contribution in [0.1, 0.15) is 5.56 Å². The Labute approximate surface area is 153 Å². The molecule has 3 heterocycles. The number of hydrogen-bond acceptors (Lipinski definition) is 7. The summed E-state index contributed by atoms with van der Waals surface area (Å²) in [5.41, 5.74) is 3.20. The van der Waals surface area contributed by atoms with Gasteiger partial charge < -0.3 is 24.5 Å². The summed E-state index contributed by atoms with van der Waals surface area (Å²) in [5.74, 6) is 0.779. The van der Waals surface area contributed by atoms with E-state index in [1.165, 1.54) is 5.69 Å². The first-order valence-electron chi connectivity index (χ1n) is 9.06. The number of benzene rings is 1. The number of methoxy groups -OCH3 is 1. The molecule has 2 fully saturated rings. The summed E-state index contributed by atoms with van der Waals surface area (Å²) < 4.78 is 5.29. The first kappa shape index (κ1) is 17.1. The number of ether oxygens (including phenoxy) is 1. The SMILES string of the molecule is COC1CN(c2ncc(N3CCN(c4cccc(CO)c4)CC3)cn2)C1. The van der Waals surface area contributed by atoms with Crippen LogP contribution < -0.4 is 14.7 Å². The van der Waals surface area contributed by atoms with Crippen molar-refractivity contribution < 1.29 is 9.84 Å². The van der Waals surface area contributed by atoms with E-state index >= 15 is 0 Å². The molecule has 0 radical (unpaired) electrons. The Morgan fingerprint density at radius 2 is 1.65 bits per heavy atom. The van der Waals surface area contributed by atoms with Crippen LogP contribution in [0.5, 0.6) is 0 Å². The van der Waals surface area contributed by atoms with Crippen LogP contribution in [-0.4, -0.2) is 67.6 Å². The molecule has 2 aliphatic rings. The maximum Gasteiger partial charge on any atom is 0.225 e. The fourth-order valence-electron chi connectivity index (χ4n) is 3.47. The third-order valence-corrected chi connectivity index (χ3v) is 5.19. The highest BCUT2D eigenvalue weighted by Crippen LogP contribution is 2.23. The fraction of sp³-hybridized carbons (Fsp3) is 0.474. The molecule has 0 saturated carbocycles. The van der Waals surface area contributed by atoms with Gasteiger partial charge in [-0.25, -0.2) is 9.97 Å². The lowest BCUT2D eigenvalue weighted by Gasteiger charge is -2.39. The summed E-state index contributed by atoms with van der Waals surface area (Å²) in [6.45, 7) is 5.56. The van der Waals surface area contributed by atoms with Gasteiger partial charge in [-0.3, -0.25) is 0 Å². The van der Waals surface area contributed by atoms with E-state index in [0.717, 1.165) is 56.5 Å². The molecule has 4 rings (SSSR count). The summed E-state index contributed by atoms with van der Waals surface area (Å²) >= 11 is 0. The summed E-state index contributed by atoms with van der Waals surface area (Å²) in [6.07, 6.45) is 4.14. The number of aliphatic hydroxyl groups is 1. The van der Waals surface area contributed by atoms with E-state index in [2.05, 4.69) is 36.8 Å². The lowest BCUT2D eigenvalue weighted by Crippen LogP contribution is -2.52. The molecule has 1 N–H and O–H groups in total. The molecule has 1 aromatic carbocycles. The van der Waals surface area contributed by atoms with Crippen molar-refractivity contribution in [3.8, 4) is 0 Å². The first-order valence-corrected chi connectivity index (χ1v) is 9.06. The van der Waals surface area contributed by atoms with Gasteiger partial charge in [0.25, 0.3) is 0 Å². The van der Waals surface area contributed by atoms with E-state index in [9.17, 15) is 5.11 Å². The van der Waals surface area contributed by atoms with Crippen LogP contribution >= 0.6 is 0 Å². The summed E-state index contributed by atoms with van der Waals surface area (Å²) in [4.78, 5) is 15.9. The maximum absolute atomic E-state index is 9.31. The molecular formula is C19H25N5O2. The topological polar surface area (TPSA) is 65.0 Å². The van der Waals surface area contributed by atoms with Crippen molar-refractivity contribution in [1.82, 2.24) is 9.97 Å². The molecule has 0 amide bonds. The van der Waals surface area contributed by atoms with Crippen LogP contribution in [0.15, 0.2) is 36.7 Å². The van der Waals surface area contributed by atoms with Gasteiger partial charge in [0.15, 0.2) is 0 Å². The lowest BCUT2D eigenvalue weighted by molar-refractivity contribution is 0.0778. The van der Waals surface area contributed by atoms with E-state index in [1.54, 1.807) is 7.11 Å². The van der Waals surface area contributed by atoms with Gasteiger partial charge >= 0.3 is 0 Å². The molecule has 1 aromatic heterocycles. The number of aliphatic hydroxyl groups excluding tert-OH is 1. The number of anilines is 3. The average Bonchev–Trinajstić information content (AvgIpc) is 2.68. The number of aromatic nitrogens is 2. The van der Waals surface area contributed by atoms with Crippen molar-refractivity contribution in [2.24, 2.45) is 0 Å².